The molecule has 0 spiro atoms. The Morgan fingerprint density at radius 2 is 1.69 bits per heavy atom. The monoisotopic (exact) mass is 469 g/mol. The minimum absolute atomic E-state index is 0.0162. The number of carbonyl (C=O) groups excluding carboxylic acids is 2. The molecular formula is C20H18F3N3O5S. The highest BCUT2D eigenvalue weighted by atomic mass is 32.2. The van der Waals surface area contributed by atoms with Crippen molar-refractivity contribution in [3.8, 4) is 0 Å². The Balaban J connectivity index is 1.63. The Morgan fingerprint density at radius 1 is 1.06 bits per heavy atom. The van der Waals surface area contributed by atoms with Crippen molar-refractivity contribution in [3.05, 3.63) is 53.3 Å². The van der Waals surface area contributed by atoms with Gasteiger partial charge in [-0.05, 0) is 43.9 Å². The first-order valence-electron chi connectivity index (χ1n) is 9.71. The minimum Gasteiger partial charge on any atom is -0.393 e. The van der Waals surface area contributed by atoms with Crippen molar-refractivity contribution < 1.29 is 36.3 Å². The van der Waals surface area contributed by atoms with Crippen LogP contribution >= 0.6 is 0 Å². The summed E-state index contributed by atoms with van der Waals surface area (Å²) in [6.45, 7) is 0. The van der Waals surface area contributed by atoms with Crippen LogP contribution in [0.2, 0.25) is 0 Å². The van der Waals surface area contributed by atoms with E-state index in [0.29, 0.717) is 37.8 Å². The molecule has 2 aromatic carbocycles. The number of urea groups is 1. The molecule has 0 atom stereocenters. The maximum absolute atomic E-state index is 13.4. The summed E-state index contributed by atoms with van der Waals surface area (Å²) in [5.74, 6) is -5.57. The highest BCUT2D eigenvalue weighted by Crippen LogP contribution is 2.36. The van der Waals surface area contributed by atoms with Gasteiger partial charge in [-0.15, -0.1) is 0 Å². The third-order valence-electron chi connectivity index (χ3n) is 5.46. The van der Waals surface area contributed by atoms with E-state index in [4.69, 9.17) is 0 Å². The van der Waals surface area contributed by atoms with Gasteiger partial charge in [-0.25, -0.2) is 30.7 Å². The molecule has 12 heteroatoms. The van der Waals surface area contributed by atoms with Crippen LogP contribution in [0.1, 0.15) is 36.0 Å². The average molecular weight is 469 g/mol. The van der Waals surface area contributed by atoms with Crippen LogP contribution in [0.3, 0.4) is 0 Å². The number of fused-ring (bicyclic) bond motifs is 1. The molecule has 170 valence electrons. The zero-order valence-corrected chi connectivity index (χ0v) is 17.3. The molecule has 2 aromatic rings. The van der Waals surface area contributed by atoms with Gasteiger partial charge in [-0.2, -0.15) is 0 Å². The molecule has 0 saturated heterocycles. The minimum atomic E-state index is -4.31. The number of rotatable bonds is 3. The standard InChI is InChI=1S/C20H18F3N3O5S/c21-14-8-11(9-15(22)18(14)23)24-19(28)10-1-6-16-17(7-10)32(30,31)26(20(29)25-16)12-2-4-13(27)5-3-12/h1,6-9,12-13,27H,2-5H2,(H,24,28)(H,25,29)/t12-,13-. The number of nitrogens with zero attached hydrogens (tertiary/aromatic N) is 1. The van der Waals surface area contributed by atoms with Crippen LogP contribution in [0.25, 0.3) is 0 Å². The third-order valence-corrected chi connectivity index (χ3v) is 7.34. The number of halogens is 3. The fourth-order valence-corrected chi connectivity index (χ4v) is 5.60. The van der Waals surface area contributed by atoms with Gasteiger partial charge in [0.25, 0.3) is 15.9 Å². The van der Waals surface area contributed by atoms with E-state index in [9.17, 15) is 36.3 Å². The molecule has 1 aliphatic heterocycles. The van der Waals surface area contributed by atoms with Crippen LogP contribution in [0.15, 0.2) is 35.2 Å². The van der Waals surface area contributed by atoms with E-state index in [1.165, 1.54) is 12.1 Å². The third kappa shape index (κ3) is 3.91. The lowest BCUT2D eigenvalue weighted by atomic mass is 9.93. The molecule has 8 nitrogen and oxygen atoms in total. The first-order valence-corrected chi connectivity index (χ1v) is 11.2. The molecule has 3 N–H and O–H groups in total. The molecular weight excluding hydrogens is 451 g/mol. The number of amides is 3. The number of aliphatic hydroxyl groups is 1. The van der Waals surface area contributed by atoms with Crippen molar-refractivity contribution in [1.29, 1.82) is 0 Å². The molecule has 1 saturated carbocycles. The van der Waals surface area contributed by atoms with Crippen LogP contribution in [0, 0.1) is 17.5 Å². The van der Waals surface area contributed by atoms with Crippen molar-refractivity contribution in [2.75, 3.05) is 10.6 Å². The van der Waals surface area contributed by atoms with Gasteiger partial charge in [0.15, 0.2) is 17.5 Å². The number of aliphatic hydroxyl groups excluding tert-OH is 1. The molecule has 0 bridgehead atoms. The van der Waals surface area contributed by atoms with Gasteiger partial charge >= 0.3 is 6.03 Å². The van der Waals surface area contributed by atoms with Gasteiger partial charge < -0.3 is 15.7 Å². The van der Waals surface area contributed by atoms with Crippen LogP contribution in [-0.4, -0.2) is 41.9 Å². The Kier molecular flexibility index (Phi) is 5.59. The second kappa shape index (κ2) is 8.10. The Hall–Kier alpha value is -3.12. The van der Waals surface area contributed by atoms with Crippen molar-refractivity contribution in [3.63, 3.8) is 0 Å². The van der Waals surface area contributed by atoms with Crippen LogP contribution in [0.5, 0.6) is 0 Å². The lowest BCUT2D eigenvalue weighted by Crippen LogP contribution is -2.51. The molecule has 0 unspecified atom stereocenters. The summed E-state index contributed by atoms with van der Waals surface area (Å²) in [5.41, 5.74) is -0.534. The smallest absolute Gasteiger partial charge is 0.336 e. The van der Waals surface area contributed by atoms with E-state index >= 15 is 0 Å². The summed E-state index contributed by atoms with van der Waals surface area (Å²) in [4.78, 5) is 24.7. The zero-order valence-electron chi connectivity index (χ0n) is 16.4. The molecule has 0 radical (unpaired) electrons. The Morgan fingerprint density at radius 3 is 2.31 bits per heavy atom. The SMILES string of the molecule is O=C(Nc1cc(F)c(F)c(F)c1)c1ccc2c(c1)S(=O)(=O)N([C@H]1CC[C@H](O)CC1)C(=O)N2. The van der Waals surface area contributed by atoms with Crippen molar-refractivity contribution >= 4 is 33.3 Å². The predicted molar refractivity (Wildman–Crippen MR) is 107 cm³/mol. The van der Waals surface area contributed by atoms with Crippen LogP contribution < -0.4 is 10.6 Å². The van der Waals surface area contributed by atoms with E-state index in [1.54, 1.807) is 0 Å². The fourth-order valence-electron chi connectivity index (χ4n) is 3.85. The topological polar surface area (TPSA) is 116 Å². The van der Waals surface area contributed by atoms with E-state index < -0.39 is 51.6 Å². The van der Waals surface area contributed by atoms with Crippen LogP contribution in [0.4, 0.5) is 29.3 Å². The van der Waals surface area contributed by atoms with Crippen molar-refractivity contribution in [2.24, 2.45) is 0 Å². The maximum atomic E-state index is 13.4. The van der Waals surface area contributed by atoms with E-state index in [-0.39, 0.29) is 21.8 Å². The molecule has 1 heterocycles. The summed E-state index contributed by atoms with van der Waals surface area (Å²) < 4.78 is 67.0. The first kappa shape index (κ1) is 22.1. The van der Waals surface area contributed by atoms with Gasteiger partial charge in [0.2, 0.25) is 0 Å². The summed E-state index contributed by atoms with van der Waals surface area (Å²) in [6.07, 6.45) is 0.745. The fraction of sp³-hybridized carbons (Fsp3) is 0.300. The molecule has 0 aromatic heterocycles. The van der Waals surface area contributed by atoms with Gasteiger partial charge in [0, 0.05) is 23.4 Å². The van der Waals surface area contributed by atoms with Gasteiger partial charge in [-0.3, -0.25) is 4.79 Å². The molecule has 32 heavy (non-hydrogen) atoms. The highest BCUT2D eigenvalue weighted by Gasteiger charge is 2.42. The molecule has 1 fully saturated rings. The highest BCUT2D eigenvalue weighted by molar-refractivity contribution is 7.90. The number of hydrogen-bond donors (Lipinski definition) is 3. The number of hydrogen-bond acceptors (Lipinski definition) is 5. The molecule has 1 aliphatic carbocycles. The summed E-state index contributed by atoms with van der Waals surface area (Å²) in [5, 5.41) is 14.3. The van der Waals surface area contributed by atoms with Gasteiger partial charge in [-0.1, -0.05) is 0 Å². The number of benzene rings is 2. The van der Waals surface area contributed by atoms with E-state index in [1.807, 2.05) is 0 Å². The number of nitrogens with one attached hydrogen (secondary N) is 2. The Bertz CT molecular complexity index is 1190. The summed E-state index contributed by atoms with van der Waals surface area (Å²) in [7, 11) is -4.31. The molecule has 3 amide bonds. The van der Waals surface area contributed by atoms with E-state index in [2.05, 4.69) is 10.6 Å². The number of carbonyl (C=O) groups is 2. The quantitative estimate of drug-likeness (QED) is 0.597. The van der Waals surface area contributed by atoms with Gasteiger partial charge in [0.1, 0.15) is 4.90 Å². The lowest BCUT2D eigenvalue weighted by molar-refractivity contribution is 0.102. The maximum Gasteiger partial charge on any atom is 0.336 e. The van der Waals surface area contributed by atoms with Crippen LogP contribution in [-0.2, 0) is 10.0 Å². The molecule has 4 rings (SSSR count). The largest absolute Gasteiger partial charge is 0.393 e. The summed E-state index contributed by atoms with van der Waals surface area (Å²) >= 11 is 0. The first-order chi connectivity index (χ1) is 15.1. The summed E-state index contributed by atoms with van der Waals surface area (Å²) in [6, 6.07) is 3.21. The van der Waals surface area contributed by atoms with Crippen molar-refractivity contribution in [1.82, 2.24) is 4.31 Å². The van der Waals surface area contributed by atoms with Gasteiger partial charge in [0.05, 0.1) is 17.8 Å². The number of anilines is 2. The second-order valence-electron chi connectivity index (χ2n) is 7.61. The normalized spacial score (nSPS) is 22.1. The van der Waals surface area contributed by atoms with Crippen molar-refractivity contribution in [2.45, 2.75) is 42.7 Å². The Labute approximate surface area is 181 Å². The number of sulfonamides is 1. The second-order valence-corrected chi connectivity index (χ2v) is 9.40. The van der Waals surface area contributed by atoms with E-state index in [0.717, 1.165) is 10.4 Å². The average Bonchev–Trinajstić information content (AvgIpc) is 2.73. The zero-order chi connectivity index (χ0) is 23.2. The molecule has 2 aliphatic rings. The predicted octanol–water partition coefficient (Wildman–Crippen LogP) is 3.20. The lowest BCUT2D eigenvalue weighted by Gasteiger charge is -2.37.